The summed E-state index contributed by atoms with van der Waals surface area (Å²) in [7, 11) is 1.59. The van der Waals surface area contributed by atoms with E-state index in [9.17, 15) is 4.39 Å². The topological polar surface area (TPSA) is 57.4 Å². The first-order valence-corrected chi connectivity index (χ1v) is 6.60. The van der Waals surface area contributed by atoms with Gasteiger partial charge in [-0.1, -0.05) is 17.3 Å². The predicted octanol–water partition coefficient (Wildman–Crippen LogP) is 3.46. The minimum Gasteiger partial charge on any atom is -0.497 e. The molecule has 2 aromatic carbocycles. The van der Waals surface area contributed by atoms with Gasteiger partial charge in [-0.3, -0.25) is 0 Å². The number of halogens is 1. The van der Waals surface area contributed by atoms with Gasteiger partial charge >= 0.3 is 0 Å². The molecule has 3 aromatic rings. The molecule has 1 aromatic heterocycles. The van der Waals surface area contributed by atoms with E-state index in [-0.39, 0.29) is 12.4 Å². The van der Waals surface area contributed by atoms with Crippen molar-refractivity contribution in [3.63, 3.8) is 0 Å². The van der Waals surface area contributed by atoms with E-state index < -0.39 is 0 Å². The smallest absolute Gasteiger partial charge is 0.264 e. The highest BCUT2D eigenvalue weighted by molar-refractivity contribution is 5.56. The van der Waals surface area contributed by atoms with E-state index in [1.54, 1.807) is 7.11 Å². The van der Waals surface area contributed by atoms with Gasteiger partial charge in [-0.15, -0.1) is 0 Å². The summed E-state index contributed by atoms with van der Waals surface area (Å²) in [6.07, 6.45) is 0. The molecule has 22 heavy (non-hydrogen) atoms. The van der Waals surface area contributed by atoms with E-state index in [4.69, 9.17) is 14.0 Å². The van der Waals surface area contributed by atoms with Gasteiger partial charge in [0.2, 0.25) is 5.82 Å². The Morgan fingerprint density at radius 1 is 1.09 bits per heavy atom. The van der Waals surface area contributed by atoms with Crippen LogP contribution in [0.3, 0.4) is 0 Å². The molecule has 112 valence electrons. The number of rotatable bonds is 5. The summed E-state index contributed by atoms with van der Waals surface area (Å²) in [6, 6.07) is 13.1. The third kappa shape index (κ3) is 3.22. The average molecular weight is 300 g/mol. The lowest BCUT2D eigenvalue weighted by Crippen LogP contribution is -1.95. The Hall–Kier alpha value is -2.89. The number of ether oxygens (including phenoxy) is 2. The molecule has 6 heteroatoms. The van der Waals surface area contributed by atoms with Crippen LogP contribution in [0.15, 0.2) is 53.1 Å². The molecule has 0 amide bonds. The first kappa shape index (κ1) is 14.1. The molecular weight excluding hydrogens is 287 g/mol. The summed E-state index contributed by atoms with van der Waals surface area (Å²) in [4.78, 5) is 4.26. The van der Waals surface area contributed by atoms with E-state index in [2.05, 4.69) is 10.1 Å². The zero-order chi connectivity index (χ0) is 15.4. The van der Waals surface area contributed by atoms with Gasteiger partial charge in [-0.2, -0.15) is 4.98 Å². The zero-order valence-electron chi connectivity index (χ0n) is 11.8. The molecule has 1 heterocycles. The van der Waals surface area contributed by atoms with Gasteiger partial charge in [0.15, 0.2) is 6.61 Å². The van der Waals surface area contributed by atoms with Gasteiger partial charge in [0.05, 0.1) is 7.11 Å². The monoisotopic (exact) mass is 300 g/mol. The zero-order valence-corrected chi connectivity index (χ0v) is 11.8. The maximum absolute atomic E-state index is 12.8. The molecule has 0 atom stereocenters. The van der Waals surface area contributed by atoms with Crippen molar-refractivity contribution in [1.29, 1.82) is 0 Å². The second-order valence-electron chi connectivity index (χ2n) is 4.49. The Balaban J connectivity index is 1.69. The minimum atomic E-state index is -0.314. The van der Waals surface area contributed by atoms with Crippen molar-refractivity contribution in [2.45, 2.75) is 6.61 Å². The van der Waals surface area contributed by atoms with Gasteiger partial charge < -0.3 is 14.0 Å². The molecule has 5 nitrogen and oxygen atoms in total. The normalized spacial score (nSPS) is 10.5. The van der Waals surface area contributed by atoms with Crippen LogP contribution in [-0.2, 0) is 6.61 Å². The van der Waals surface area contributed by atoms with Gasteiger partial charge in [0, 0.05) is 5.56 Å². The average Bonchev–Trinajstić information content (AvgIpc) is 3.03. The maximum atomic E-state index is 12.8. The molecule has 0 fully saturated rings. The number of methoxy groups -OCH3 is 1. The van der Waals surface area contributed by atoms with E-state index in [1.165, 1.54) is 24.3 Å². The molecule has 3 rings (SSSR count). The summed E-state index contributed by atoms with van der Waals surface area (Å²) >= 11 is 0. The highest BCUT2D eigenvalue weighted by atomic mass is 19.1. The van der Waals surface area contributed by atoms with Crippen molar-refractivity contribution in [3.05, 3.63) is 60.2 Å². The fourth-order valence-electron chi connectivity index (χ4n) is 1.87. The molecule has 0 unspecified atom stereocenters. The van der Waals surface area contributed by atoms with Crippen molar-refractivity contribution < 1.29 is 18.4 Å². The minimum absolute atomic E-state index is 0.114. The van der Waals surface area contributed by atoms with Crippen molar-refractivity contribution in [2.75, 3.05) is 7.11 Å². The third-order valence-electron chi connectivity index (χ3n) is 2.97. The number of hydrogen-bond acceptors (Lipinski definition) is 5. The molecule has 0 aliphatic carbocycles. The molecule has 0 aliphatic heterocycles. The summed E-state index contributed by atoms with van der Waals surface area (Å²) in [5.74, 6) is 1.72. The second kappa shape index (κ2) is 6.26. The Morgan fingerprint density at radius 2 is 1.91 bits per heavy atom. The highest BCUT2D eigenvalue weighted by Gasteiger charge is 2.10. The summed E-state index contributed by atoms with van der Waals surface area (Å²) < 4.78 is 28.5. The quantitative estimate of drug-likeness (QED) is 0.722. The van der Waals surface area contributed by atoms with E-state index in [1.807, 2.05) is 24.3 Å². The fraction of sp³-hybridized carbons (Fsp3) is 0.125. The molecule has 0 spiro atoms. The molecule has 0 bridgehead atoms. The highest BCUT2D eigenvalue weighted by Crippen LogP contribution is 2.21. The van der Waals surface area contributed by atoms with Gasteiger partial charge in [0.1, 0.15) is 17.3 Å². The lowest BCUT2D eigenvalue weighted by atomic mass is 10.2. The van der Waals surface area contributed by atoms with E-state index >= 15 is 0 Å². The van der Waals surface area contributed by atoms with Crippen molar-refractivity contribution in [1.82, 2.24) is 10.1 Å². The summed E-state index contributed by atoms with van der Waals surface area (Å²) in [5, 5.41) is 3.91. The van der Waals surface area contributed by atoms with Crippen LogP contribution in [-0.4, -0.2) is 17.3 Å². The first-order chi connectivity index (χ1) is 10.7. The van der Waals surface area contributed by atoms with Crippen molar-refractivity contribution in [3.8, 4) is 22.9 Å². The Morgan fingerprint density at radius 3 is 2.68 bits per heavy atom. The number of nitrogens with zero attached hydrogens (tertiary/aromatic N) is 2. The van der Waals surface area contributed by atoms with Crippen LogP contribution in [0.4, 0.5) is 4.39 Å². The number of hydrogen-bond donors (Lipinski definition) is 0. The van der Waals surface area contributed by atoms with Gasteiger partial charge in [-0.25, -0.2) is 4.39 Å². The van der Waals surface area contributed by atoms with E-state index in [0.717, 1.165) is 5.56 Å². The van der Waals surface area contributed by atoms with Crippen molar-refractivity contribution in [2.24, 2.45) is 0 Å². The Kier molecular flexibility index (Phi) is 4.00. The number of benzene rings is 2. The Bertz CT molecular complexity index is 756. The molecule has 0 radical (unpaired) electrons. The molecule has 0 N–H and O–H groups in total. The maximum Gasteiger partial charge on any atom is 0.264 e. The predicted molar refractivity (Wildman–Crippen MR) is 77.0 cm³/mol. The molecule has 0 saturated heterocycles. The van der Waals surface area contributed by atoms with Crippen LogP contribution in [0.5, 0.6) is 11.5 Å². The third-order valence-corrected chi connectivity index (χ3v) is 2.97. The van der Waals surface area contributed by atoms with Gasteiger partial charge in [0.25, 0.3) is 5.89 Å². The first-order valence-electron chi connectivity index (χ1n) is 6.60. The van der Waals surface area contributed by atoms with Crippen LogP contribution in [0.25, 0.3) is 11.4 Å². The fourth-order valence-corrected chi connectivity index (χ4v) is 1.87. The lowest BCUT2D eigenvalue weighted by Gasteiger charge is -2.02. The lowest BCUT2D eigenvalue weighted by molar-refractivity contribution is 0.242. The standard InChI is InChI=1S/C16H13FN2O3/c1-20-14-4-2-3-11(9-14)16-18-15(22-19-16)10-21-13-7-5-12(17)6-8-13/h2-9H,10H2,1H3. The van der Waals surface area contributed by atoms with Crippen LogP contribution in [0, 0.1) is 5.82 Å². The van der Waals surface area contributed by atoms with Crippen LogP contribution >= 0.6 is 0 Å². The van der Waals surface area contributed by atoms with Gasteiger partial charge in [-0.05, 0) is 36.4 Å². The second-order valence-corrected chi connectivity index (χ2v) is 4.49. The van der Waals surface area contributed by atoms with E-state index in [0.29, 0.717) is 23.2 Å². The molecule has 0 saturated carbocycles. The number of aromatic nitrogens is 2. The van der Waals surface area contributed by atoms with Crippen LogP contribution in [0.1, 0.15) is 5.89 Å². The largest absolute Gasteiger partial charge is 0.497 e. The molecule has 0 aliphatic rings. The van der Waals surface area contributed by atoms with Crippen molar-refractivity contribution >= 4 is 0 Å². The molecular formula is C16H13FN2O3. The van der Waals surface area contributed by atoms with Crippen LogP contribution < -0.4 is 9.47 Å². The Labute approximate surface area is 126 Å². The summed E-state index contributed by atoms with van der Waals surface area (Å²) in [5.41, 5.74) is 0.788. The SMILES string of the molecule is COc1cccc(-c2noc(COc3ccc(F)cc3)n2)c1. The summed E-state index contributed by atoms with van der Waals surface area (Å²) in [6.45, 7) is 0.114. The van der Waals surface area contributed by atoms with Crippen LogP contribution in [0.2, 0.25) is 0 Å².